The van der Waals surface area contributed by atoms with E-state index in [1.165, 1.54) is 49.8 Å². The van der Waals surface area contributed by atoms with Crippen molar-refractivity contribution >= 4 is 21.8 Å². The molecule has 1 saturated heterocycles. The summed E-state index contributed by atoms with van der Waals surface area (Å²) in [5.74, 6) is 0.303. The number of amides is 1. The monoisotopic (exact) mass is 469 g/mol. The molecule has 2 aliphatic heterocycles. The first-order chi connectivity index (χ1) is 14.6. The molecule has 0 saturated carbocycles. The van der Waals surface area contributed by atoms with Crippen molar-refractivity contribution in [2.24, 2.45) is 0 Å². The van der Waals surface area contributed by atoms with Crippen LogP contribution >= 0.6 is 15.9 Å². The van der Waals surface area contributed by atoms with E-state index in [0.29, 0.717) is 10.4 Å². The van der Waals surface area contributed by atoms with Gasteiger partial charge in [0.1, 0.15) is 13.1 Å². The van der Waals surface area contributed by atoms with E-state index in [9.17, 15) is 4.79 Å². The van der Waals surface area contributed by atoms with Gasteiger partial charge in [0.25, 0.3) is 0 Å². The maximum atomic E-state index is 13.6. The Labute approximate surface area is 189 Å². The zero-order valence-electron chi connectivity index (χ0n) is 18.2. The lowest BCUT2D eigenvalue weighted by Crippen LogP contribution is -2.49. The van der Waals surface area contributed by atoms with Crippen molar-refractivity contribution in [3.8, 4) is 0 Å². The van der Waals surface area contributed by atoms with Crippen LogP contribution in [0.4, 0.5) is 0 Å². The Bertz CT molecular complexity index is 864. The number of piperidine rings is 1. The summed E-state index contributed by atoms with van der Waals surface area (Å²) in [5, 5.41) is 0. The summed E-state index contributed by atoms with van der Waals surface area (Å²) >= 11 is 3.53. The summed E-state index contributed by atoms with van der Waals surface area (Å²) in [4.78, 5) is 16.3. The topological polar surface area (TPSA) is 20.3 Å². The summed E-state index contributed by atoms with van der Waals surface area (Å²) < 4.78 is 1.62. The van der Waals surface area contributed by atoms with E-state index >= 15 is 0 Å². The number of fused-ring (bicyclic) bond motifs is 1. The summed E-state index contributed by atoms with van der Waals surface area (Å²) in [6.07, 6.45) is 7.69. The van der Waals surface area contributed by atoms with Crippen molar-refractivity contribution < 1.29 is 9.28 Å². The Balaban J connectivity index is 1.50. The van der Waals surface area contributed by atoms with Crippen LogP contribution in [0.25, 0.3) is 0 Å². The normalized spacial score (nSPS) is 24.2. The number of likely N-dealkylation sites (tertiary alicyclic amines) is 1. The number of halogens is 1. The number of hydrogen-bond acceptors (Lipinski definition) is 2. The Hall–Kier alpha value is -1.49. The van der Waals surface area contributed by atoms with Crippen LogP contribution in [0.15, 0.2) is 53.0 Å². The molecule has 0 aromatic heterocycles. The van der Waals surface area contributed by atoms with Crippen LogP contribution in [-0.4, -0.2) is 41.0 Å². The molecule has 0 aliphatic carbocycles. The van der Waals surface area contributed by atoms with Gasteiger partial charge < -0.3 is 4.90 Å². The Morgan fingerprint density at radius 3 is 2.67 bits per heavy atom. The van der Waals surface area contributed by atoms with Gasteiger partial charge in [-0.3, -0.25) is 0 Å². The molecule has 2 heterocycles. The molecule has 2 aromatic carbocycles. The molecule has 2 aromatic rings. The van der Waals surface area contributed by atoms with Crippen LogP contribution in [0.5, 0.6) is 0 Å². The van der Waals surface area contributed by atoms with Gasteiger partial charge in [-0.15, -0.1) is 0 Å². The highest BCUT2D eigenvalue weighted by Gasteiger charge is 2.45. The molecular weight excluding hydrogens is 436 g/mol. The first-order valence-corrected chi connectivity index (χ1v) is 12.4. The Morgan fingerprint density at radius 1 is 1.10 bits per heavy atom. The second-order valence-corrected chi connectivity index (χ2v) is 10.0. The molecule has 2 atom stereocenters. The van der Waals surface area contributed by atoms with Gasteiger partial charge in [-0.1, -0.05) is 66.0 Å². The predicted octanol–water partition coefficient (Wildman–Crippen LogP) is 6.16. The smallest absolute Gasteiger partial charge is 0.300 e. The SMILES string of the molecule is CCCC1CCCCN1CCC[N+]1(Cc2ccc(Br)cc2)Cc2ccccc2C1=O. The first-order valence-electron chi connectivity index (χ1n) is 11.6. The molecule has 4 rings (SSSR count). The van der Waals surface area contributed by atoms with Gasteiger partial charge >= 0.3 is 5.91 Å². The molecule has 2 unspecified atom stereocenters. The largest absolute Gasteiger partial charge is 0.346 e. The van der Waals surface area contributed by atoms with Crippen molar-refractivity contribution in [2.45, 2.75) is 64.6 Å². The number of hydrogen-bond donors (Lipinski definition) is 0. The third kappa shape index (κ3) is 4.71. The highest BCUT2D eigenvalue weighted by Crippen LogP contribution is 2.33. The standard InChI is InChI=1S/C26H34BrN2O/c1-2-8-24-10-5-6-16-28(24)17-7-18-29(19-21-12-14-23(27)15-13-21)20-22-9-3-4-11-25(22)26(29)30/h3-4,9,11-15,24H,2,5-8,10,16-20H2,1H3/q+1. The zero-order chi connectivity index (χ0) is 21.0. The van der Waals surface area contributed by atoms with Crippen molar-refractivity contribution in [3.63, 3.8) is 0 Å². The molecule has 3 nitrogen and oxygen atoms in total. The van der Waals surface area contributed by atoms with E-state index in [1.807, 2.05) is 12.1 Å². The van der Waals surface area contributed by atoms with Crippen LogP contribution in [0.3, 0.4) is 0 Å². The first kappa shape index (κ1) is 21.7. The quantitative estimate of drug-likeness (QED) is 0.431. The fourth-order valence-corrected chi connectivity index (χ4v) is 5.70. The van der Waals surface area contributed by atoms with Crippen molar-refractivity contribution in [2.75, 3.05) is 19.6 Å². The van der Waals surface area contributed by atoms with E-state index in [4.69, 9.17) is 0 Å². The number of carbonyl (C=O) groups excluding carboxylic acids is 1. The molecule has 0 N–H and O–H groups in total. The molecule has 0 bridgehead atoms. The minimum absolute atomic E-state index is 0.303. The van der Waals surface area contributed by atoms with Crippen molar-refractivity contribution in [1.29, 1.82) is 0 Å². The second kappa shape index (κ2) is 9.76. The Kier molecular flexibility index (Phi) is 7.07. The lowest BCUT2D eigenvalue weighted by Gasteiger charge is -2.37. The zero-order valence-corrected chi connectivity index (χ0v) is 19.7. The summed E-state index contributed by atoms with van der Waals surface area (Å²) in [6.45, 7) is 7.16. The Morgan fingerprint density at radius 2 is 1.90 bits per heavy atom. The fraction of sp³-hybridized carbons (Fsp3) is 0.500. The number of nitrogens with zero attached hydrogens (tertiary/aromatic N) is 2. The van der Waals surface area contributed by atoms with E-state index in [1.54, 1.807) is 0 Å². The van der Waals surface area contributed by atoms with E-state index in [-0.39, 0.29) is 0 Å². The molecule has 30 heavy (non-hydrogen) atoms. The number of benzene rings is 2. The van der Waals surface area contributed by atoms with Crippen LogP contribution in [0.1, 0.15) is 66.9 Å². The lowest BCUT2D eigenvalue weighted by molar-refractivity contribution is -0.872. The van der Waals surface area contributed by atoms with E-state index < -0.39 is 0 Å². The second-order valence-electron chi connectivity index (χ2n) is 9.10. The fourth-order valence-electron chi connectivity index (χ4n) is 5.44. The third-order valence-electron chi connectivity index (χ3n) is 6.95. The molecule has 0 radical (unpaired) electrons. The van der Waals surface area contributed by atoms with Crippen molar-refractivity contribution in [1.82, 2.24) is 4.90 Å². The van der Waals surface area contributed by atoms with Gasteiger partial charge in [-0.05, 0) is 44.0 Å². The summed E-state index contributed by atoms with van der Waals surface area (Å²) in [5.41, 5.74) is 3.37. The summed E-state index contributed by atoms with van der Waals surface area (Å²) in [6, 6.07) is 17.4. The molecule has 2 aliphatic rings. The third-order valence-corrected chi connectivity index (χ3v) is 7.48. The average molecular weight is 470 g/mol. The van der Waals surface area contributed by atoms with Gasteiger partial charge in [0.2, 0.25) is 0 Å². The van der Waals surface area contributed by atoms with Crippen LogP contribution in [0.2, 0.25) is 0 Å². The van der Waals surface area contributed by atoms with Crippen molar-refractivity contribution in [3.05, 3.63) is 69.7 Å². The van der Waals surface area contributed by atoms with Crippen LogP contribution < -0.4 is 0 Å². The highest BCUT2D eigenvalue weighted by molar-refractivity contribution is 9.10. The lowest BCUT2D eigenvalue weighted by atomic mass is 9.98. The molecule has 1 fully saturated rings. The molecule has 4 heteroatoms. The van der Waals surface area contributed by atoms with E-state index in [2.05, 4.69) is 64.2 Å². The molecule has 160 valence electrons. The number of quaternary nitrogens is 1. The molecule has 0 spiro atoms. The molecular formula is C26H34BrN2O+. The van der Waals surface area contributed by atoms with Gasteiger partial charge in [0.15, 0.2) is 0 Å². The number of rotatable bonds is 8. The minimum Gasteiger partial charge on any atom is -0.300 e. The average Bonchev–Trinajstić information content (AvgIpc) is 3.03. The minimum atomic E-state index is 0.303. The van der Waals surface area contributed by atoms with Gasteiger partial charge in [0.05, 0.1) is 12.1 Å². The maximum absolute atomic E-state index is 13.6. The molecule has 1 amide bonds. The number of carbonyl (C=O) groups is 1. The maximum Gasteiger partial charge on any atom is 0.346 e. The predicted molar refractivity (Wildman–Crippen MR) is 126 cm³/mol. The van der Waals surface area contributed by atoms with Crippen LogP contribution in [0, 0.1) is 0 Å². The summed E-state index contributed by atoms with van der Waals surface area (Å²) in [7, 11) is 0. The van der Waals surface area contributed by atoms with Crippen LogP contribution in [-0.2, 0) is 13.1 Å². The highest BCUT2D eigenvalue weighted by atomic mass is 79.9. The van der Waals surface area contributed by atoms with E-state index in [0.717, 1.165) is 48.7 Å². The van der Waals surface area contributed by atoms with Gasteiger partial charge in [0, 0.05) is 34.6 Å². The van der Waals surface area contributed by atoms with Gasteiger partial charge in [-0.25, -0.2) is 9.28 Å². The van der Waals surface area contributed by atoms with Gasteiger partial charge in [-0.2, -0.15) is 0 Å².